The molecule has 0 aliphatic carbocycles. The first-order chi connectivity index (χ1) is 17.5. The number of aryl methyl sites for hydroxylation is 1. The highest BCUT2D eigenvalue weighted by atomic mass is 32.2. The minimum Gasteiger partial charge on any atom is -0.493 e. The maximum absolute atomic E-state index is 12.4. The second-order valence-electron chi connectivity index (χ2n) is 10.2. The molecule has 0 spiro atoms. The third-order valence-electron chi connectivity index (χ3n) is 5.87. The summed E-state index contributed by atoms with van der Waals surface area (Å²) in [7, 11) is -3.41. The molecule has 0 fully saturated rings. The number of fused-ring (bicyclic) bond motifs is 2. The molecule has 0 saturated carbocycles. The van der Waals surface area contributed by atoms with E-state index in [0.29, 0.717) is 18.8 Å². The van der Waals surface area contributed by atoms with Gasteiger partial charge < -0.3 is 14.8 Å². The molecule has 3 aromatic rings. The number of carbonyl (C=O) groups excluding carboxylic acids is 1. The predicted molar refractivity (Wildman–Crippen MR) is 139 cm³/mol. The molecule has 0 saturated heterocycles. The second kappa shape index (κ2) is 11.1. The summed E-state index contributed by atoms with van der Waals surface area (Å²) < 4.78 is 40.3. The maximum atomic E-state index is 12.4. The number of hydrogen-bond acceptors (Lipinski definition) is 8. The summed E-state index contributed by atoms with van der Waals surface area (Å²) in [6, 6.07) is 7.75. The van der Waals surface area contributed by atoms with E-state index in [4.69, 9.17) is 13.7 Å². The number of benzene rings is 1. The number of amides is 1. The Kier molecular flexibility index (Phi) is 8.03. The fraction of sp³-hybridized carbons (Fsp3) is 0.500. The molecule has 2 aromatic heterocycles. The van der Waals surface area contributed by atoms with Crippen LogP contribution in [0.2, 0.25) is 0 Å². The molecular formula is C26H34N4O6S. The van der Waals surface area contributed by atoms with Gasteiger partial charge in [-0.1, -0.05) is 12.1 Å². The van der Waals surface area contributed by atoms with Crippen LogP contribution in [0.1, 0.15) is 63.6 Å². The van der Waals surface area contributed by atoms with E-state index < -0.39 is 21.8 Å². The third-order valence-corrected chi connectivity index (χ3v) is 6.46. The first-order valence-electron chi connectivity index (χ1n) is 12.4. The highest BCUT2D eigenvalue weighted by Crippen LogP contribution is 2.36. The van der Waals surface area contributed by atoms with Crippen molar-refractivity contribution in [3.05, 3.63) is 47.9 Å². The van der Waals surface area contributed by atoms with E-state index >= 15 is 0 Å². The number of alkyl carbamates (subject to hydrolysis) is 1. The Hall–Kier alpha value is -3.18. The number of carbonyl (C=O) groups is 1. The maximum Gasteiger partial charge on any atom is 0.408 e. The van der Waals surface area contributed by atoms with Crippen molar-refractivity contribution in [2.24, 2.45) is 0 Å². The zero-order valence-electron chi connectivity index (χ0n) is 21.7. The zero-order chi connectivity index (χ0) is 26.6. The predicted octanol–water partition coefficient (Wildman–Crippen LogP) is 4.43. The third kappa shape index (κ3) is 7.42. The molecule has 4 rings (SSSR count). The van der Waals surface area contributed by atoms with Crippen LogP contribution >= 0.6 is 0 Å². The van der Waals surface area contributed by atoms with Gasteiger partial charge >= 0.3 is 6.09 Å². The van der Waals surface area contributed by atoms with Gasteiger partial charge in [0.25, 0.3) is 10.1 Å². The molecule has 10 nitrogen and oxygen atoms in total. The summed E-state index contributed by atoms with van der Waals surface area (Å²) in [5.74, 6) is 0.713. The van der Waals surface area contributed by atoms with Gasteiger partial charge in [-0.05, 0) is 70.6 Å². The van der Waals surface area contributed by atoms with Crippen LogP contribution in [0.25, 0.3) is 16.8 Å². The minimum absolute atomic E-state index is 0.177. The quantitative estimate of drug-likeness (QED) is 0.335. The fourth-order valence-corrected chi connectivity index (χ4v) is 4.72. The first kappa shape index (κ1) is 26.9. The molecule has 1 unspecified atom stereocenters. The number of unbranched alkanes of at least 4 members (excludes halogenated alkanes) is 1. The Morgan fingerprint density at radius 3 is 2.81 bits per heavy atom. The van der Waals surface area contributed by atoms with Crippen molar-refractivity contribution in [2.75, 3.05) is 19.5 Å². The lowest BCUT2D eigenvalue weighted by molar-refractivity contribution is 0.0501. The van der Waals surface area contributed by atoms with Crippen molar-refractivity contribution < 1.29 is 26.9 Å². The topological polar surface area (TPSA) is 121 Å². The van der Waals surface area contributed by atoms with E-state index in [1.54, 1.807) is 4.52 Å². The van der Waals surface area contributed by atoms with E-state index in [0.717, 1.165) is 59.8 Å². The SMILES string of the molecule is CC(C)(C)OC(=O)NC1CCCOc2cc(-c3ncnn4cc(CCCCOS(C)(=O)=O)cc34)ccc21. The number of rotatable bonds is 8. The Morgan fingerprint density at radius 1 is 1.24 bits per heavy atom. The van der Waals surface area contributed by atoms with Crippen molar-refractivity contribution in [3.8, 4) is 17.0 Å². The Bertz CT molecular complexity index is 1360. The van der Waals surface area contributed by atoms with Crippen LogP contribution in [0.4, 0.5) is 4.79 Å². The molecule has 37 heavy (non-hydrogen) atoms. The number of ether oxygens (including phenoxy) is 2. The van der Waals surface area contributed by atoms with E-state index in [2.05, 4.69) is 15.4 Å². The molecule has 1 amide bonds. The zero-order valence-corrected chi connectivity index (χ0v) is 22.5. The van der Waals surface area contributed by atoms with Gasteiger partial charge in [0.15, 0.2) is 0 Å². The summed E-state index contributed by atoms with van der Waals surface area (Å²) in [5.41, 5.74) is 3.93. The van der Waals surface area contributed by atoms with E-state index in [1.807, 2.05) is 51.2 Å². The van der Waals surface area contributed by atoms with Gasteiger partial charge in [0, 0.05) is 17.3 Å². The van der Waals surface area contributed by atoms with Crippen LogP contribution < -0.4 is 10.1 Å². The van der Waals surface area contributed by atoms with E-state index in [9.17, 15) is 13.2 Å². The van der Waals surface area contributed by atoms with Gasteiger partial charge in [-0.2, -0.15) is 13.5 Å². The Morgan fingerprint density at radius 2 is 2.05 bits per heavy atom. The first-order valence-corrected chi connectivity index (χ1v) is 14.2. The van der Waals surface area contributed by atoms with Crippen LogP contribution in [-0.2, 0) is 25.5 Å². The van der Waals surface area contributed by atoms with Crippen LogP contribution in [0.3, 0.4) is 0 Å². The average molecular weight is 531 g/mol. The van der Waals surface area contributed by atoms with Crippen LogP contribution in [0.5, 0.6) is 5.75 Å². The highest BCUT2D eigenvalue weighted by Gasteiger charge is 2.25. The molecule has 200 valence electrons. The summed E-state index contributed by atoms with van der Waals surface area (Å²) in [5, 5.41) is 7.34. The number of aromatic nitrogens is 3. The molecule has 0 radical (unpaired) electrons. The Labute approximate surface area is 217 Å². The molecule has 0 bridgehead atoms. The molecule has 3 heterocycles. The molecule has 1 N–H and O–H groups in total. The summed E-state index contributed by atoms with van der Waals surface area (Å²) in [4.78, 5) is 17.0. The monoisotopic (exact) mass is 530 g/mol. The normalized spacial score (nSPS) is 16.1. The van der Waals surface area contributed by atoms with Gasteiger partial charge in [-0.3, -0.25) is 4.18 Å². The molecule has 1 aliphatic heterocycles. The molecular weight excluding hydrogens is 496 g/mol. The summed E-state index contributed by atoms with van der Waals surface area (Å²) in [6.07, 6.45) is 7.83. The van der Waals surface area contributed by atoms with Gasteiger partial charge in [-0.15, -0.1) is 0 Å². The van der Waals surface area contributed by atoms with Crippen molar-refractivity contribution in [1.29, 1.82) is 0 Å². The molecule has 1 atom stereocenters. The van der Waals surface area contributed by atoms with Gasteiger partial charge in [-0.25, -0.2) is 14.3 Å². The van der Waals surface area contributed by atoms with Gasteiger partial charge in [0.05, 0.1) is 36.7 Å². The van der Waals surface area contributed by atoms with Crippen molar-refractivity contribution in [3.63, 3.8) is 0 Å². The van der Waals surface area contributed by atoms with E-state index in [1.165, 1.54) is 6.33 Å². The highest BCUT2D eigenvalue weighted by molar-refractivity contribution is 7.85. The van der Waals surface area contributed by atoms with Crippen LogP contribution in [0.15, 0.2) is 36.8 Å². The molecule has 1 aliphatic rings. The lowest BCUT2D eigenvalue weighted by atomic mass is 9.99. The average Bonchev–Trinajstić information content (AvgIpc) is 3.11. The number of hydrogen-bond donors (Lipinski definition) is 1. The largest absolute Gasteiger partial charge is 0.493 e. The van der Waals surface area contributed by atoms with Gasteiger partial charge in [0.2, 0.25) is 0 Å². The summed E-state index contributed by atoms with van der Waals surface area (Å²) >= 11 is 0. The smallest absolute Gasteiger partial charge is 0.408 e. The second-order valence-corrected chi connectivity index (χ2v) is 11.9. The van der Waals surface area contributed by atoms with Crippen molar-refractivity contribution >= 4 is 21.7 Å². The molecule has 1 aromatic carbocycles. The standard InChI is InChI=1S/C26H34N4O6S/c1-26(2,3)36-25(31)29-21-9-7-12-34-23-15-19(10-11-20(21)23)24-22-14-18(16-30(22)28-17-27-24)8-5-6-13-35-37(4,32)33/h10-11,14-17,21H,5-9,12-13H2,1-4H3,(H,29,31). The van der Waals surface area contributed by atoms with E-state index in [-0.39, 0.29) is 12.6 Å². The summed E-state index contributed by atoms with van der Waals surface area (Å²) in [6.45, 7) is 6.25. The molecule has 11 heteroatoms. The number of nitrogens with zero attached hydrogens (tertiary/aromatic N) is 3. The van der Waals surface area contributed by atoms with Crippen LogP contribution in [0, 0.1) is 0 Å². The van der Waals surface area contributed by atoms with Crippen molar-refractivity contribution in [1.82, 2.24) is 19.9 Å². The lowest BCUT2D eigenvalue weighted by Gasteiger charge is -2.23. The van der Waals surface area contributed by atoms with Crippen molar-refractivity contribution in [2.45, 2.75) is 64.5 Å². The number of nitrogens with one attached hydrogen (secondary N) is 1. The Balaban J connectivity index is 1.52. The lowest BCUT2D eigenvalue weighted by Crippen LogP contribution is -2.34. The van der Waals surface area contributed by atoms with Gasteiger partial charge in [0.1, 0.15) is 17.7 Å². The van der Waals surface area contributed by atoms with Crippen LogP contribution in [-0.4, -0.2) is 54.2 Å². The fourth-order valence-electron chi connectivity index (χ4n) is 4.30. The minimum atomic E-state index is -3.41.